The first-order chi connectivity index (χ1) is 10.5. The Morgan fingerprint density at radius 1 is 1.27 bits per heavy atom. The molecule has 5 heteroatoms. The van der Waals surface area contributed by atoms with Gasteiger partial charge in [0, 0.05) is 50.2 Å². The smallest absolute Gasteiger partial charge is 0.251 e. The number of likely N-dealkylation sites (N-methyl/N-ethyl adjacent to an activating group) is 1. The summed E-state index contributed by atoms with van der Waals surface area (Å²) < 4.78 is 1.43. The van der Waals surface area contributed by atoms with E-state index in [0.29, 0.717) is 12.1 Å². The Labute approximate surface area is 130 Å². The lowest BCUT2D eigenvalue weighted by Crippen LogP contribution is -2.40. The van der Waals surface area contributed by atoms with Crippen molar-refractivity contribution in [2.75, 3.05) is 18.5 Å². The third-order valence-electron chi connectivity index (χ3n) is 3.75. The fourth-order valence-corrected chi connectivity index (χ4v) is 2.09. The molecule has 1 aromatic carbocycles. The van der Waals surface area contributed by atoms with Crippen LogP contribution in [0.15, 0.2) is 53.5 Å². The quantitative estimate of drug-likeness (QED) is 0.913. The van der Waals surface area contributed by atoms with E-state index in [-0.39, 0.29) is 17.5 Å². The number of hydrogen-bond donors (Lipinski definition) is 1. The second kappa shape index (κ2) is 6.93. The summed E-state index contributed by atoms with van der Waals surface area (Å²) in [5, 5.41) is 2.87. The predicted octanol–water partition coefficient (Wildman–Crippen LogP) is 1.64. The predicted molar refractivity (Wildman–Crippen MR) is 88.3 cm³/mol. The van der Waals surface area contributed by atoms with E-state index in [4.69, 9.17) is 0 Å². The summed E-state index contributed by atoms with van der Waals surface area (Å²) in [6.45, 7) is 2.54. The van der Waals surface area contributed by atoms with Crippen LogP contribution in [0.25, 0.3) is 0 Å². The number of nitrogens with zero attached hydrogens (tertiary/aromatic N) is 2. The van der Waals surface area contributed by atoms with Crippen LogP contribution in [0, 0.1) is 0 Å². The van der Waals surface area contributed by atoms with E-state index in [1.165, 1.54) is 10.6 Å². The Bertz CT molecular complexity index is 695. The number of aryl methyl sites for hydroxylation is 1. The molecule has 1 atom stereocenters. The zero-order valence-corrected chi connectivity index (χ0v) is 13.1. The van der Waals surface area contributed by atoms with Gasteiger partial charge < -0.3 is 14.8 Å². The Hall–Kier alpha value is -2.56. The van der Waals surface area contributed by atoms with Crippen LogP contribution in [0.5, 0.6) is 0 Å². The van der Waals surface area contributed by atoms with Crippen LogP contribution in [0.1, 0.15) is 17.3 Å². The minimum atomic E-state index is -0.231. The zero-order valence-electron chi connectivity index (χ0n) is 13.1. The fourth-order valence-electron chi connectivity index (χ4n) is 2.09. The third-order valence-corrected chi connectivity index (χ3v) is 3.75. The van der Waals surface area contributed by atoms with Gasteiger partial charge in [-0.2, -0.15) is 0 Å². The van der Waals surface area contributed by atoms with Gasteiger partial charge in [-0.15, -0.1) is 0 Å². The number of rotatable bonds is 5. The van der Waals surface area contributed by atoms with Crippen molar-refractivity contribution in [1.29, 1.82) is 0 Å². The lowest BCUT2D eigenvalue weighted by atomic mass is 10.2. The molecule has 1 aromatic heterocycles. The van der Waals surface area contributed by atoms with Crippen LogP contribution in [0.4, 0.5) is 5.69 Å². The van der Waals surface area contributed by atoms with E-state index in [0.717, 1.165) is 5.69 Å². The van der Waals surface area contributed by atoms with Gasteiger partial charge in [0.15, 0.2) is 0 Å². The average Bonchev–Trinajstić information content (AvgIpc) is 2.54. The molecule has 2 rings (SSSR count). The highest BCUT2D eigenvalue weighted by molar-refractivity contribution is 5.94. The molecule has 0 aliphatic carbocycles. The number of carbonyl (C=O) groups is 1. The maximum atomic E-state index is 12.1. The monoisotopic (exact) mass is 299 g/mol. The molecule has 5 nitrogen and oxygen atoms in total. The van der Waals surface area contributed by atoms with Gasteiger partial charge in [-0.25, -0.2) is 0 Å². The number of hydrogen-bond acceptors (Lipinski definition) is 3. The lowest BCUT2D eigenvalue weighted by molar-refractivity contribution is 0.0951. The summed E-state index contributed by atoms with van der Waals surface area (Å²) >= 11 is 0. The molecule has 0 bridgehead atoms. The van der Waals surface area contributed by atoms with Crippen LogP contribution in [0.3, 0.4) is 0 Å². The summed E-state index contributed by atoms with van der Waals surface area (Å²) in [7, 11) is 3.64. The van der Waals surface area contributed by atoms with Crippen molar-refractivity contribution in [2.45, 2.75) is 13.0 Å². The first-order valence-corrected chi connectivity index (χ1v) is 7.22. The van der Waals surface area contributed by atoms with Crippen molar-refractivity contribution in [3.8, 4) is 0 Å². The first-order valence-electron chi connectivity index (χ1n) is 7.22. The Morgan fingerprint density at radius 3 is 2.59 bits per heavy atom. The highest BCUT2D eigenvalue weighted by Crippen LogP contribution is 2.13. The molecule has 0 fully saturated rings. The van der Waals surface area contributed by atoms with Gasteiger partial charge in [-0.1, -0.05) is 18.2 Å². The zero-order chi connectivity index (χ0) is 16.1. The van der Waals surface area contributed by atoms with Crippen molar-refractivity contribution in [2.24, 2.45) is 7.05 Å². The second-order valence-electron chi connectivity index (χ2n) is 5.37. The molecule has 1 heterocycles. The highest BCUT2D eigenvalue weighted by atomic mass is 16.2. The molecule has 116 valence electrons. The van der Waals surface area contributed by atoms with Crippen LogP contribution in [-0.2, 0) is 7.05 Å². The molecule has 0 saturated heterocycles. The van der Waals surface area contributed by atoms with Gasteiger partial charge in [0.2, 0.25) is 0 Å². The van der Waals surface area contributed by atoms with Gasteiger partial charge in [0.25, 0.3) is 11.5 Å². The highest BCUT2D eigenvalue weighted by Gasteiger charge is 2.12. The SMILES string of the molecule is CC(CNC(=O)c1ccn(C)c(=O)c1)N(C)c1ccccc1. The van der Waals surface area contributed by atoms with Crippen molar-refractivity contribution < 1.29 is 4.79 Å². The molecule has 0 aliphatic rings. The normalized spacial score (nSPS) is 11.8. The Kier molecular flexibility index (Phi) is 4.99. The summed E-state index contributed by atoms with van der Waals surface area (Å²) in [4.78, 5) is 25.7. The number of para-hydroxylation sites is 1. The molecular formula is C17H21N3O2. The number of pyridine rings is 1. The van der Waals surface area contributed by atoms with Gasteiger partial charge in [-0.05, 0) is 25.1 Å². The van der Waals surface area contributed by atoms with Crippen molar-refractivity contribution in [3.05, 3.63) is 64.6 Å². The number of nitrogens with one attached hydrogen (secondary N) is 1. The summed E-state index contributed by atoms with van der Waals surface area (Å²) in [5.74, 6) is -0.231. The van der Waals surface area contributed by atoms with E-state index in [2.05, 4.69) is 10.2 Å². The third kappa shape index (κ3) is 3.75. The molecule has 0 radical (unpaired) electrons. The van der Waals surface area contributed by atoms with E-state index in [9.17, 15) is 9.59 Å². The fraction of sp³-hybridized carbons (Fsp3) is 0.294. The van der Waals surface area contributed by atoms with Gasteiger partial charge in [-0.3, -0.25) is 9.59 Å². The maximum absolute atomic E-state index is 12.1. The molecule has 0 saturated carbocycles. The average molecular weight is 299 g/mol. The van der Waals surface area contributed by atoms with Crippen LogP contribution < -0.4 is 15.8 Å². The minimum absolute atomic E-state index is 0.137. The van der Waals surface area contributed by atoms with Crippen molar-refractivity contribution >= 4 is 11.6 Å². The molecule has 0 spiro atoms. The van der Waals surface area contributed by atoms with Gasteiger partial charge in [0.1, 0.15) is 0 Å². The number of amides is 1. The molecule has 1 unspecified atom stereocenters. The number of anilines is 1. The van der Waals surface area contributed by atoms with E-state index >= 15 is 0 Å². The van der Waals surface area contributed by atoms with Crippen LogP contribution in [-0.4, -0.2) is 30.1 Å². The standard InChI is InChI=1S/C17H21N3O2/c1-13(20(3)15-7-5-4-6-8-15)12-18-17(22)14-9-10-19(2)16(21)11-14/h4-11,13H,12H2,1-3H3,(H,18,22). The molecule has 1 N–H and O–H groups in total. The molecule has 2 aromatic rings. The van der Waals surface area contributed by atoms with Gasteiger partial charge in [0.05, 0.1) is 0 Å². The van der Waals surface area contributed by atoms with E-state index < -0.39 is 0 Å². The van der Waals surface area contributed by atoms with Crippen molar-refractivity contribution in [1.82, 2.24) is 9.88 Å². The number of aromatic nitrogens is 1. The van der Waals surface area contributed by atoms with Crippen molar-refractivity contribution in [3.63, 3.8) is 0 Å². The molecule has 1 amide bonds. The largest absolute Gasteiger partial charge is 0.370 e. The second-order valence-corrected chi connectivity index (χ2v) is 5.37. The van der Waals surface area contributed by atoms with E-state index in [1.54, 1.807) is 19.3 Å². The van der Waals surface area contributed by atoms with E-state index in [1.807, 2.05) is 44.3 Å². The van der Waals surface area contributed by atoms with Crippen LogP contribution in [0.2, 0.25) is 0 Å². The summed E-state index contributed by atoms with van der Waals surface area (Å²) in [6.07, 6.45) is 1.59. The van der Waals surface area contributed by atoms with Gasteiger partial charge >= 0.3 is 0 Å². The summed E-state index contributed by atoms with van der Waals surface area (Å²) in [6, 6.07) is 13.1. The molecule has 0 aliphatic heterocycles. The summed E-state index contributed by atoms with van der Waals surface area (Å²) in [5.41, 5.74) is 1.29. The maximum Gasteiger partial charge on any atom is 0.251 e. The topological polar surface area (TPSA) is 54.3 Å². The molecular weight excluding hydrogens is 278 g/mol. The Morgan fingerprint density at radius 2 is 1.95 bits per heavy atom. The minimum Gasteiger partial charge on any atom is -0.370 e. The number of carbonyl (C=O) groups excluding carboxylic acids is 1. The molecule has 22 heavy (non-hydrogen) atoms. The lowest BCUT2D eigenvalue weighted by Gasteiger charge is -2.27. The Balaban J connectivity index is 1.95. The first kappa shape index (κ1) is 15.8. The van der Waals surface area contributed by atoms with Crippen LogP contribution >= 0.6 is 0 Å². The number of benzene rings is 1.